The summed E-state index contributed by atoms with van der Waals surface area (Å²) in [5.74, 6) is -0.0951. The normalized spacial score (nSPS) is 11.3. The number of halogens is 1. The summed E-state index contributed by atoms with van der Waals surface area (Å²) in [6.45, 7) is 5.47. The summed E-state index contributed by atoms with van der Waals surface area (Å²) < 4.78 is 0.950. The number of carbonyl (C=O) groups excluding carboxylic acids is 1. The molecule has 0 saturated heterocycles. The summed E-state index contributed by atoms with van der Waals surface area (Å²) in [6, 6.07) is 13.7. The third-order valence-corrected chi connectivity index (χ3v) is 3.58. The van der Waals surface area contributed by atoms with Crippen molar-refractivity contribution in [2.24, 2.45) is 4.99 Å². The van der Waals surface area contributed by atoms with Gasteiger partial charge in [-0.05, 0) is 43.7 Å². The number of rotatable bonds is 3. The lowest BCUT2D eigenvalue weighted by molar-refractivity contribution is -0.114. The number of hydrogen-bond donors (Lipinski definition) is 1. The van der Waals surface area contributed by atoms with E-state index in [0.29, 0.717) is 0 Å². The fourth-order valence-electron chi connectivity index (χ4n) is 2.04. The highest BCUT2D eigenvalue weighted by Crippen LogP contribution is 2.25. The Morgan fingerprint density at radius 3 is 2.52 bits per heavy atom. The van der Waals surface area contributed by atoms with Gasteiger partial charge < -0.3 is 5.32 Å². The largest absolute Gasteiger partial charge is 0.326 e. The van der Waals surface area contributed by atoms with E-state index in [9.17, 15) is 4.79 Å². The van der Waals surface area contributed by atoms with Crippen LogP contribution < -0.4 is 5.32 Å². The molecule has 21 heavy (non-hydrogen) atoms. The van der Waals surface area contributed by atoms with Gasteiger partial charge in [0.15, 0.2) is 0 Å². The van der Waals surface area contributed by atoms with Gasteiger partial charge in [-0.15, -0.1) is 0 Å². The molecule has 3 nitrogen and oxygen atoms in total. The van der Waals surface area contributed by atoms with Gasteiger partial charge in [-0.1, -0.05) is 34.1 Å². The van der Waals surface area contributed by atoms with Crippen LogP contribution in [0.4, 0.5) is 11.4 Å². The lowest BCUT2D eigenvalue weighted by Crippen LogP contribution is -2.10. The van der Waals surface area contributed by atoms with Gasteiger partial charge in [0, 0.05) is 28.4 Å². The van der Waals surface area contributed by atoms with E-state index in [4.69, 9.17) is 0 Å². The molecule has 0 aromatic heterocycles. The number of hydrogen-bond acceptors (Lipinski definition) is 2. The monoisotopic (exact) mass is 344 g/mol. The zero-order valence-electron chi connectivity index (χ0n) is 12.3. The number of nitrogens with one attached hydrogen (secondary N) is 1. The molecular weight excluding hydrogens is 328 g/mol. The summed E-state index contributed by atoms with van der Waals surface area (Å²) in [5.41, 5.74) is 4.58. The van der Waals surface area contributed by atoms with Gasteiger partial charge in [0.25, 0.3) is 0 Å². The van der Waals surface area contributed by atoms with E-state index < -0.39 is 0 Å². The average Bonchev–Trinajstić information content (AvgIpc) is 2.43. The minimum Gasteiger partial charge on any atom is -0.326 e. The maximum atomic E-state index is 11.3. The highest BCUT2D eigenvalue weighted by Gasteiger charge is 2.08. The van der Waals surface area contributed by atoms with Crippen LogP contribution in [-0.2, 0) is 4.79 Å². The van der Waals surface area contributed by atoms with Gasteiger partial charge in [0.2, 0.25) is 5.91 Å². The van der Waals surface area contributed by atoms with E-state index in [1.54, 1.807) is 0 Å². The maximum absolute atomic E-state index is 11.3. The molecule has 0 spiro atoms. The van der Waals surface area contributed by atoms with E-state index in [-0.39, 0.29) is 5.91 Å². The number of carbonyl (C=O) groups is 1. The van der Waals surface area contributed by atoms with E-state index in [0.717, 1.165) is 32.7 Å². The Morgan fingerprint density at radius 1 is 1.14 bits per heavy atom. The number of para-hydroxylation sites is 1. The summed E-state index contributed by atoms with van der Waals surface area (Å²) in [4.78, 5) is 16.0. The van der Waals surface area contributed by atoms with Crippen LogP contribution in [0.25, 0.3) is 0 Å². The molecule has 0 unspecified atom stereocenters. The van der Waals surface area contributed by atoms with Crippen LogP contribution in [0.2, 0.25) is 0 Å². The summed E-state index contributed by atoms with van der Waals surface area (Å²) in [6.07, 6.45) is 0. The minimum atomic E-state index is -0.0951. The van der Waals surface area contributed by atoms with Crippen molar-refractivity contribution < 1.29 is 4.79 Å². The summed E-state index contributed by atoms with van der Waals surface area (Å²) in [5, 5.41) is 2.84. The number of anilines is 1. The van der Waals surface area contributed by atoms with Gasteiger partial charge in [0.05, 0.1) is 5.69 Å². The van der Waals surface area contributed by atoms with Crippen LogP contribution in [0.5, 0.6) is 0 Å². The van der Waals surface area contributed by atoms with E-state index in [1.165, 1.54) is 6.92 Å². The molecule has 0 aliphatic carbocycles. The Kier molecular flexibility index (Phi) is 4.91. The maximum Gasteiger partial charge on any atom is 0.221 e. The van der Waals surface area contributed by atoms with Crippen molar-refractivity contribution in [2.75, 3.05) is 5.32 Å². The van der Waals surface area contributed by atoms with Crippen molar-refractivity contribution in [3.63, 3.8) is 0 Å². The lowest BCUT2D eigenvalue weighted by atomic mass is 10.1. The standard InChI is InChI=1S/C17H17BrN2O/c1-11-6-4-5-7-16(11)19-12(2)15-10-14(18)8-9-17(15)20-13(3)21/h4-10H,1-3H3,(H,20,21). The highest BCUT2D eigenvalue weighted by molar-refractivity contribution is 9.10. The van der Waals surface area contributed by atoms with Gasteiger partial charge in [-0.2, -0.15) is 0 Å². The molecular formula is C17H17BrN2O. The highest BCUT2D eigenvalue weighted by atomic mass is 79.9. The lowest BCUT2D eigenvalue weighted by Gasteiger charge is -2.11. The first-order chi connectivity index (χ1) is 9.97. The van der Waals surface area contributed by atoms with Crippen molar-refractivity contribution >= 4 is 38.9 Å². The van der Waals surface area contributed by atoms with E-state index in [1.807, 2.05) is 56.3 Å². The Hall–Kier alpha value is -1.94. The van der Waals surface area contributed by atoms with Crippen LogP contribution in [0, 0.1) is 6.92 Å². The second-order valence-corrected chi connectivity index (χ2v) is 5.77. The second kappa shape index (κ2) is 6.68. The molecule has 0 aliphatic heterocycles. The Labute approximate surface area is 133 Å². The molecule has 0 saturated carbocycles. The SMILES string of the molecule is CC(=O)Nc1ccc(Br)cc1C(C)=Nc1ccccc1C. The summed E-state index contributed by atoms with van der Waals surface area (Å²) >= 11 is 3.46. The van der Waals surface area contributed by atoms with Crippen molar-refractivity contribution in [1.29, 1.82) is 0 Å². The average molecular weight is 345 g/mol. The molecule has 0 heterocycles. The van der Waals surface area contributed by atoms with Crippen molar-refractivity contribution in [3.05, 3.63) is 58.1 Å². The topological polar surface area (TPSA) is 41.5 Å². The first-order valence-electron chi connectivity index (χ1n) is 6.66. The molecule has 1 amide bonds. The Bertz CT molecular complexity index is 708. The number of aryl methyl sites for hydroxylation is 1. The molecule has 2 rings (SSSR count). The van der Waals surface area contributed by atoms with Crippen LogP contribution in [-0.4, -0.2) is 11.6 Å². The first kappa shape index (κ1) is 15.4. The molecule has 1 N–H and O–H groups in total. The molecule has 0 bridgehead atoms. The zero-order valence-corrected chi connectivity index (χ0v) is 13.9. The van der Waals surface area contributed by atoms with Crippen LogP contribution in [0.15, 0.2) is 51.9 Å². The van der Waals surface area contributed by atoms with Crippen molar-refractivity contribution in [2.45, 2.75) is 20.8 Å². The Balaban J connectivity index is 2.47. The smallest absolute Gasteiger partial charge is 0.221 e. The van der Waals surface area contributed by atoms with Crippen LogP contribution >= 0.6 is 15.9 Å². The third kappa shape index (κ3) is 4.02. The molecule has 0 aliphatic rings. The fourth-order valence-corrected chi connectivity index (χ4v) is 2.41. The zero-order chi connectivity index (χ0) is 15.4. The first-order valence-corrected chi connectivity index (χ1v) is 7.45. The number of aliphatic imine (C=N–C) groups is 1. The number of benzene rings is 2. The van der Waals surface area contributed by atoms with Crippen molar-refractivity contribution in [1.82, 2.24) is 0 Å². The number of amides is 1. The van der Waals surface area contributed by atoms with Gasteiger partial charge in [-0.3, -0.25) is 9.79 Å². The molecule has 108 valence electrons. The third-order valence-electron chi connectivity index (χ3n) is 3.09. The molecule has 2 aromatic rings. The predicted molar refractivity (Wildman–Crippen MR) is 91.5 cm³/mol. The molecule has 4 heteroatoms. The van der Waals surface area contributed by atoms with E-state index >= 15 is 0 Å². The summed E-state index contributed by atoms with van der Waals surface area (Å²) in [7, 11) is 0. The van der Waals surface area contributed by atoms with Crippen molar-refractivity contribution in [3.8, 4) is 0 Å². The Morgan fingerprint density at radius 2 is 1.86 bits per heavy atom. The predicted octanol–water partition coefficient (Wildman–Crippen LogP) is 4.86. The minimum absolute atomic E-state index is 0.0951. The van der Waals surface area contributed by atoms with Crippen LogP contribution in [0.1, 0.15) is 25.0 Å². The quantitative estimate of drug-likeness (QED) is 0.794. The molecule has 2 aromatic carbocycles. The fraction of sp³-hybridized carbons (Fsp3) is 0.176. The van der Waals surface area contributed by atoms with Gasteiger partial charge in [0.1, 0.15) is 0 Å². The van der Waals surface area contributed by atoms with E-state index in [2.05, 4.69) is 26.2 Å². The molecule has 0 radical (unpaired) electrons. The van der Waals surface area contributed by atoms with Crippen LogP contribution in [0.3, 0.4) is 0 Å². The number of nitrogens with zero attached hydrogens (tertiary/aromatic N) is 1. The molecule has 0 fully saturated rings. The molecule has 0 atom stereocenters. The van der Waals surface area contributed by atoms with Gasteiger partial charge >= 0.3 is 0 Å². The van der Waals surface area contributed by atoms with Gasteiger partial charge in [-0.25, -0.2) is 0 Å². The second-order valence-electron chi connectivity index (χ2n) is 4.85.